The maximum atomic E-state index is 12.2. The molecule has 3 aromatic rings. The fourth-order valence-corrected chi connectivity index (χ4v) is 2.91. The molecule has 0 bridgehead atoms. The first-order valence-electron chi connectivity index (χ1n) is 7.24. The minimum Gasteiger partial charge on any atom is -0.496 e. The Kier molecular flexibility index (Phi) is 4.88. The molecule has 0 fully saturated rings. The van der Waals surface area contributed by atoms with Gasteiger partial charge in [-0.2, -0.15) is 5.10 Å². The van der Waals surface area contributed by atoms with Gasteiger partial charge in [0.1, 0.15) is 5.75 Å². The van der Waals surface area contributed by atoms with Gasteiger partial charge in [-0.15, -0.1) is 0 Å². The van der Waals surface area contributed by atoms with E-state index in [9.17, 15) is 4.79 Å². The molecule has 1 aromatic heterocycles. The molecule has 3 rings (SSSR count). The van der Waals surface area contributed by atoms with Crippen LogP contribution in [0, 0.1) is 0 Å². The normalized spacial score (nSPS) is 10.6. The topological polar surface area (TPSA) is 44.1 Å². The van der Waals surface area contributed by atoms with Crippen molar-refractivity contribution in [1.82, 2.24) is 9.78 Å². The van der Waals surface area contributed by atoms with Crippen molar-refractivity contribution in [3.8, 4) is 17.0 Å². The number of nitrogens with zero attached hydrogens (tertiary/aromatic N) is 2. The van der Waals surface area contributed by atoms with Crippen LogP contribution >= 0.6 is 23.2 Å². The molecule has 0 aliphatic heterocycles. The Balaban J connectivity index is 2.06. The molecule has 0 radical (unpaired) electrons. The van der Waals surface area contributed by atoms with Gasteiger partial charge in [-0.1, -0.05) is 41.4 Å². The second-order valence-electron chi connectivity index (χ2n) is 5.11. The van der Waals surface area contributed by atoms with Crippen molar-refractivity contribution in [3.05, 3.63) is 80.6 Å². The van der Waals surface area contributed by atoms with Gasteiger partial charge in [0.05, 0.1) is 19.3 Å². The molecule has 0 aliphatic rings. The van der Waals surface area contributed by atoms with Gasteiger partial charge >= 0.3 is 0 Å². The molecule has 4 nitrogen and oxygen atoms in total. The van der Waals surface area contributed by atoms with Crippen LogP contribution in [0.1, 0.15) is 5.56 Å². The maximum absolute atomic E-state index is 12.2. The standard InChI is InChI=1S/C18H14Cl2N2O2/c1-24-17-8-3-2-5-12(17)16-9-10-18(23)22(21-16)11-13-14(19)6-4-7-15(13)20/h2-10H,11H2,1H3. The van der Waals surface area contributed by atoms with Gasteiger partial charge in [0.2, 0.25) is 0 Å². The molecule has 6 heteroatoms. The maximum Gasteiger partial charge on any atom is 0.267 e. The molecule has 1 heterocycles. The number of benzene rings is 2. The quantitative estimate of drug-likeness (QED) is 0.697. The summed E-state index contributed by atoms with van der Waals surface area (Å²) in [6.45, 7) is 0.195. The summed E-state index contributed by atoms with van der Waals surface area (Å²) in [5.74, 6) is 0.686. The van der Waals surface area contributed by atoms with E-state index >= 15 is 0 Å². The van der Waals surface area contributed by atoms with Gasteiger partial charge < -0.3 is 4.74 Å². The highest BCUT2D eigenvalue weighted by atomic mass is 35.5. The summed E-state index contributed by atoms with van der Waals surface area (Å²) in [5.41, 5.74) is 1.87. The highest BCUT2D eigenvalue weighted by Crippen LogP contribution is 2.28. The van der Waals surface area contributed by atoms with Crippen molar-refractivity contribution < 1.29 is 4.74 Å². The predicted molar refractivity (Wildman–Crippen MR) is 96.0 cm³/mol. The number of hydrogen-bond donors (Lipinski definition) is 0. The SMILES string of the molecule is COc1ccccc1-c1ccc(=O)n(Cc2c(Cl)cccc2Cl)n1. The van der Waals surface area contributed by atoms with Crippen LogP contribution in [0.3, 0.4) is 0 Å². The van der Waals surface area contributed by atoms with Crippen LogP contribution in [-0.4, -0.2) is 16.9 Å². The molecule has 0 amide bonds. The van der Waals surface area contributed by atoms with Crippen LogP contribution in [0.15, 0.2) is 59.4 Å². The second kappa shape index (κ2) is 7.07. The van der Waals surface area contributed by atoms with Crippen LogP contribution in [0.25, 0.3) is 11.3 Å². The molecular weight excluding hydrogens is 347 g/mol. The zero-order valence-corrected chi connectivity index (χ0v) is 14.4. The minimum atomic E-state index is -0.232. The summed E-state index contributed by atoms with van der Waals surface area (Å²) < 4.78 is 6.70. The van der Waals surface area contributed by atoms with Crippen molar-refractivity contribution in [2.24, 2.45) is 0 Å². The van der Waals surface area contributed by atoms with Gasteiger partial charge in [0.15, 0.2) is 0 Å². The lowest BCUT2D eigenvalue weighted by atomic mass is 10.1. The Morgan fingerprint density at radius 1 is 1.00 bits per heavy atom. The third-order valence-corrected chi connectivity index (χ3v) is 4.33. The summed E-state index contributed by atoms with van der Waals surface area (Å²) in [6.07, 6.45) is 0. The molecule has 2 aromatic carbocycles. The third-order valence-electron chi connectivity index (χ3n) is 3.62. The molecular formula is C18H14Cl2N2O2. The Morgan fingerprint density at radius 3 is 2.42 bits per heavy atom. The smallest absolute Gasteiger partial charge is 0.267 e. The molecule has 0 N–H and O–H groups in total. The lowest BCUT2D eigenvalue weighted by Crippen LogP contribution is -2.23. The van der Waals surface area contributed by atoms with Crippen molar-refractivity contribution in [1.29, 1.82) is 0 Å². The van der Waals surface area contributed by atoms with E-state index in [1.165, 1.54) is 10.7 Å². The number of methoxy groups -OCH3 is 1. The van der Waals surface area contributed by atoms with E-state index in [0.717, 1.165) is 5.56 Å². The van der Waals surface area contributed by atoms with Crippen LogP contribution in [0.5, 0.6) is 5.75 Å². The fourth-order valence-electron chi connectivity index (χ4n) is 2.40. The number of aromatic nitrogens is 2. The van der Waals surface area contributed by atoms with Gasteiger partial charge in [0.25, 0.3) is 5.56 Å². The zero-order valence-electron chi connectivity index (χ0n) is 12.9. The molecule has 0 spiro atoms. The molecule has 0 aliphatic carbocycles. The van der Waals surface area contributed by atoms with Crippen molar-refractivity contribution >= 4 is 23.2 Å². The molecule has 0 saturated heterocycles. The number of ether oxygens (including phenoxy) is 1. The highest BCUT2D eigenvalue weighted by Gasteiger charge is 2.11. The molecule has 24 heavy (non-hydrogen) atoms. The average molecular weight is 361 g/mol. The van der Waals surface area contributed by atoms with Gasteiger partial charge in [0, 0.05) is 27.2 Å². The third kappa shape index (κ3) is 3.30. The molecule has 0 atom stereocenters. The Labute approximate surface area is 149 Å². The lowest BCUT2D eigenvalue weighted by molar-refractivity contribution is 0.416. The highest BCUT2D eigenvalue weighted by molar-refractivity contribution is 6.35. The van der Waals surface area contributed by atoms with E-state index in [2.05, 4.69) is 5.10 Å². The molecule has 122 valence electrons. The van der Waals surface area contributed by atoms with Crippen molar-refractivity contribution in [2.45, 2.75) is 6.54 Å². The fraction of sp³-hybridized carbons (Fsp3) is 0.111. The van der Waals surface area contributed by atoms with Crippen LogP contribution in [0.4, 0.5) is 0 Å². The van der Waals surface area contributed by atoms with Crippen LogP contribution < -0.4 is 10.3 Å². The van der Waals surface area contributed by atoms with E-state index in [0.29, 0.717) is 27.1 Å². The largest absolute Gasteiger partial charge is 0.496 e. The Morgan fingerprint density at radius 2 is 1.71 bits per heavy atom. The summed E-state index contributed by atoms with van der Waals surface area (Å²) in [4.78, 5) is 12.2. The first-order valence-corrected chi connectivity index (χ1v) is 8.00. The first-order chi connectivity index (χ1) is 11.6. The number of hydrogen-bond acceptors (Lipinski definition) is 3. The van der Waals surface area contributed by atoms with E-state index < -0.39 is 0 Å². The van der Waals surface area contributed by atoms with Crippen LogP contribution in [0.2, 0.25) is 10.0 Å². The molecule has 0 saturated carbocycles. The summed E-state index contributed by atoms with van der Waals surface area (Å²) in [5, 5.41) is 5.43. The predicted octanol–water partition coefficient (Wildman–Crippen LogP) is 4.27. The molecule has 0 unspecified atom stereocenters. The average Bonchev–Trinajstić information content (AvgIpc) is 2.60. The van der Waals surface area contributed by atoms with Gasteiger partial charge in [-0.05, 0) is 30.3 Å². The summed E-state index contributed by atoms with van der Waals surface area (Å²) >= 11 is 12.4. The Bertz CT molecular complexity index is 918. The zero-order chi connectivity index (χ0) is 17.1. The van der Waals surface area contributed by atoms with Crippen molar-refractivity contribution in [2.75, 3.05) is 7.11 Å². The monoisotopic (exact) mass is 360 g/mol. The summed E-state index contributed by atoms with van der Waals surface area (Å²) in [6, 6.07) is 15.9. The Hall–Kier alpha value is -2.30. The van der Waals surface area contributed by atoms with E-state index in [-0.39, 0.29) is 12.1 Å². The first kappa shape index (κ1) is 16.6. The summed E-state index contributed by atoms with van der Waals surface area (Å²) in [7, 11) is 1.60. The number of para-hydroxylation sites is 1. The van der Waals surface area contributed by atoms with Gasteiger partial charge in [-0.25, -0.2) is 4.68 Å². The van der Waals surface area contributed by atoms with E-state index in [1.807, 2.05) is 24.3 Å². The van der Waals surface area contributed by atoms with E-state index in [4.69, 9.17) is 27.9 Å². The number of rotatable bonds is 4. The van der Waals surface area contributed by atoms with Gasteiger partial charge in [-0.3, -0.25) is 4.79 Å². The van der Waals surface area contributed by atoms with Crippen molar-refractivity contribution in [3.63, 3.8) is 0 Å². The van der Waals surface area contributed by atoms with E-state index in [1.54, 1.807) is 31.4 Å². The van der Waals surface area contributed by atoms with Crippen LogP contribution in [-0.2, 0) is 6.54 Å². The second-order valence-corrected chi connectivity index (χ2v) is 5.93. The lowest BCUT2D eigenvalue weighted by Gasteiger charge is -2.11. The minimum absolute atomic E-state index is 0.195. The number of halogens is 2.